The minimum atomic E-state index is -0.302. The third-order valence-electron chi connectivity index (χ3n) is 3.16. The van der Waals surface area contributed by atoms with Gasteiger partial charge in [-0.3, -0.25) is 0 Å². The predicted octanol–water partition coefficient (Wildman–Crippen LogP) is 3.84. The lowest BCUT2D eigenvalue weighted by Gasteiger charge is -2.25. The van der Waals surface area contributed by atoms with E-state index in [0.717, 1.165) is 23.0 Å². The molecule has 1 rings (SSSR count). The second-order valence-electron chi connectivity index (χ2n) is 4.20. The summed E-state index contributed by atoms with van der Waals surface area (Å²) in [5.41, 5.74) is 0.916. The minimum absolute atomic E-state index is 0.209. The Morgan fingerprint density at radius 3 is 2.44 bits per heavy atom. The molecule has 0 bridgehead atoms. The average Bonchev–Trinajstić information content (AvgIpc) is 2.40. The van der Waals surface area contributed by atoms with Crippen LogP contribution in [0.15, 0.2) is 28.7 Å². The maximum atomic E-state index is 11.9. The molecule has 1 aromatic carbocycles. The van der Waals surface area contributed by atoms with Crippen LogP contribution in [0, 0.1) is 5.92 Å². The van der Waals surface area contributed by atoms with Crippen molar-refractivity contribution in [3.8, 4) is 0 Å². The highest BCUT2D eigenvalue weighted by molar-refractivity contribution is 9.10. The van der Waals surface area contributed by atoms with Crippen molar-refractivity contribution in [2.45, 2.75) is 32.7 Å². The van der Waals surface area contributed by atoms with E-state index in [9.17, 15) is 4.79 Å². The number of carbonyl (C=O) groups excluding carboxylic acids is 1. The molecule has 0 aromatic heterocycles. The maximum Gasteiger partial charge on any atom is 0.328 e. The third-order valence-corrected chi connectivity index (χ3v) is 3.85. The first kappa shape index (κ1) is 15.0. The Kier molecular flexibility index (Phi) is 6.19. The highest BCUT2D eigenvalue weighted by Crippen LogP contribution is 2.25. The molecule has 18 heavy (non-hydrogen) atoms. The summed E-state index contributed by atoms with van der Waals surface area (Å²) in [5.74, 6) is 0.0593. The highest BCUT2D eigenvalue weighted by atomic mass is 79.9. The summed E-state index contributed by atoms with van der Waals surface area (Å²) < 4.78 is 5.84. The molecular formula is C14H20BrNO2. The Balaban J connectivity index is 2.91. The summed E-state index contributed by atoms with van der Waals surface area (Å²) in [4.78, 5) is 11.9. The quantitative estimate of drug-likeness (QED) is 0.811. The molecule has 0 aliphatic rings. The maximum absolute atomic E-state index is 11.9. The van der Waals surface area contributed by atoms with Crippen molar-refractivity contribution >= 4 is 27.6 Å². The van der Waals surface area contributed by atoms with Gasteiger partial charge in [0.2, 0.25) is 0 Å². The van der Waals surface area contributed by atoms with Crippen LogP contribution in [0.4, 0.5) is 5.69 Å². The average molecular weight is 314 g/mol. The molecule has 1 N–H and O–H groups in total. The van der Waals surface area contributed by atoms with Gasteiger partial charge in [0.25, 0.3) is 0 Å². The van der Waals surface area contributed by atoms with Gasteiger partial charge in [0.15, 0.2) is 0 Å². The third kappa shape index (κ3) is 3.73. The molecule has 0 amide bonds. The van der Waals surface area contributed by atoms with Gasteiger partial charge >= 0.3 is 5.97 Å². The molecule has 1 atom stereocenters. The van der Waals surface area contributed by atoms with E-state index in [0.29, 0.717) is 0 Å². The molecule has 0 aliphatic heterocycles. The molecule has 0 spiro atoms. The van der Waals surface area contributed by atoms with Crippen LogP contribution < -0.4 is 5.32 Å². The topological polar surface area (TPSA) is 38.3 Å². The Hall–Kier alpha value is -1.03. The summed E-state index contributed by atoms with van der Waals surface area (Å²) in [5, 5.41) is 3.28. The van der Waals surface area contributed by atoms with Crippen LogP contribution in [0.1, 0.15) is 26.7 Å². The van der Waals surface area contributed by atoms with Crippen molar-refractivity contribution in [1.82, 2.24) is 0 Å². The molecule has 0 aliphatic carbocycles. The van der Waals surface area contributed by atoms with E-state index < -0.39 is 0 Å². The Labute approximate surface area is 117 Å². The lowest BCUT2D eigenvalue weighted by molar-refractivity contribution is -0.142. The van der Waals surface area contributed by atoms with Crippen LogP contribution in [-0.2, 0) is 9.53 Å². The highest BCUT2D eigenvalue weighted by Gasteiger charge is 2.27. The SMILES string of the molecule is CCC(CC)C(Nc1ccccc1Br)C(=O)OC. The number of halogens is 1. The van der Waals surface area contributed by atoms with Crippen LogP contribution >= 0.6 is 15.9 Å². The summed E-state index contributed by atoms with van der Waals surface area (Å²) in [6, 6.07) is 7.48. The van der Waals surface area contributed by atoms with E-state index in [1.54, 1.807) is 0 Å². The normalized spacial score (nSPS) is 12.3. The van der Waals surface area contributed by atoms with Crippen molar-refractivity contribution in [3.63, 3.8) is 0 Å². The lowest BCUT2D eigenvalue weighted by atomic mass is 9.94. The van der Waals surface area contributed by atoms with Gasteiger partial charge < -0.3 is 10.1 Å². The zero-order chi connectivity index (χ0) is 13.5. The van der Waals surface area contributed by atoms with E-state index >= 15 is 0 Å². The molecule has 4 heteroatoms. The van der Waals surface area contributed by atoms with Crippen molar-refractivity contribution in [1.29, 1.82) is 0 Å². The number of nitrogens with one attached hydrogen (secondary N) is 1. The fourth-order valence-corrected chi connectivity index (χ4v) is 2.40. The fraction of sp³-hybridized carbons (Fsp3) is 0.500. The van der Waals surface area contributed by atoms with Crippen molar-refractivity contribution in [2.75, 3.05) is 12.4 Å². The van der Waals surface area contributed by atoms with E-state index in [-0.39, 0.29) is 17.9 Å². The number of methoxy groups -OCH3 is 1. The Bertz CT molecular complexity index is 391. The van der Waals surface area contributed by atoms with Gasteiger partial charge in [-0.05, 0) is 34.0 Å². The largest absolute Gasteiger partial charge is 0.467 e. The van der Waals surface area contributed by atoms with Gasteiger partial charge in [-0.25, -0.2) is 4.79 Å². The summed E-state index contributed by atoms with van der Waals surface area (Å²) in [6.07, 6.45) is 1.88. The van der Waals surface area contributed by atoms with Gasteiger partial charge in [0.1, 0.15) is 6.04 Å². The van der Waals surface area contributed by atoms with Crippen LogP contribution in [-0.4, -0.2) is 19.1 Å². The Morgan fingerprint density at radius 2 is 1.94 bits per heavy atom. The first-order valence-electron chi connectivity index (χ1n) is 6.22. The summed E-state index contributed by atoms with van der Waals surface area (Å²) in [6.45, 7) is 4.18. The number of anilines is 1. The van der Waals surface area contributed by atoms with Gasteiger partial charge in [-0.2, -0.15) is 0 Å². The fourth-order valence-electron chi connectivity index (χ4n) is 2.00. The standard InChI is InChI=1S/C14H20BrNO2/c1-4-10(5-2)13(14(17)18-3)16-12-9-7-6-8-11(12)15/h6-10,13,16H,4-5H2,1-3H3. The summed E-state index contributed by atoms with van der Waals surface area (Å²) in [7, 11) is 1.43. The molecule has 100 valence electrons. The number of esters is 1. The first-order chi connectivity index (χ1) is 8.63. The van der Waals surface area contributed by atoms with Gasteiger partial charge in [0.05, 0.1) is 7.11 Å². The van der Waals surface area contributed by atoms with Crippen molar-refractivity contribution < 1.29 is 9.53 Å². The molecule has 1 unspecified atom stereocenters. The number of benzene rings is 1. The zero-order valence-electron chi connectivity index (χ0n) is 11.1. The van der Waals surface area contributed by atoms with Gasteiger partial charge in [-0.15, -0.1) is 0 Å². The second-order valence-corrected chi connectivity index (χ2v) is 5.06. The summed E-state index contributed by atoms with van der Waals surface area (Å²) >= 11 is 3.47. The number of carbonyl (C=O) groups is 1. The van der Waals surface area contributed by atoms with E-state index in [4.69, 9.17) is 4.74 Å². The molecule has 0 saturated heterocycles. The minimum Gasteiger partial charge on any atom is -0.467 e. The monoisotopic (exact) mass is 313 g/mol. The second kappa shape index (κ2) is 7.41. The Morgan fingerprint density at radius 1 is 1.33 bits per heavy atom. The van der Waals surface area contributed by atoms with Gasteiger partial charge in [-0.1, -0.05) is 38.8 Å². The number of para-hydroxylation sites is 1. The molecule has 0 heterocycles. The van der Waals surface area contributed by atoms with E-state index in [1.165, 1.54) is 7.11 Å². The van der Waals surface area contributed by atoms with Gasteiger partial charge in [0, 0.05) is 10.2 Å². The number of ether oxygens (including phenoxy) is 1. The molecule has 3 nitrogen and oxygen atoms in total. The van der Waals surface area contributed by atoms with Crippen LogP contribution in [0.3, 0.4) is 0 Å². The molecule has 0 radical (unpaired) electrons. The smallest absolute Gasteiger partial charge is 0.328 e. The van der Waals surface area contributed by atoms with Crippen molar-refractivity contribution in [2.24, 2.45) is 5.92 Å². The van der Waals surface area contributed by atoms with Crippen LogP contribution in [0.5, 0.6) is 0 Å². The molecular weight excluding hydrogens is 294 g/mol. The number of hydrogen-bond donors (Lipinski definition) is 1. The molecule has 0 saturated carbocycles. The van der Waals surface area contributed by atoms with Crippen LogP contribution in [0.2, 0.25) is 0 Å². The lowest BCUT2D eigenvalue weighted by Crippen LogP contribution is -2.37. The van der Waals surface area contributed by atoms with Crippen molar-refractivity contribution in [3.05, 3.63) is 28.7 Å². The van der Waals surface area contributed by atoms with E-state index in [2.05, 4.69) is 35.1 Å². The molecule has 0 fully saturated rings. The van der Waals surface area contributed by atoms with E-state index in [1.807, 2.05) is 24.3 Å². The first-order valence-corrected chi connectivity index (χ1v) is 7.02. The molecule has 1 aromatic rings. The number of rotatable bonds is 6. The number of hydrogen-bond acceptors (Lipinski definition) is 3. The predicted molar refractivity (Wildman–Crippen MR) is 77.6 cm³/mol. The zero-order valence-corrected chi connectivity index (χ0v) is 12.7. The van der Waals surface area contributed by atoms with Crippen LogP contribution in [0.25, 0.3) is 0 Å².